The summed E-state index contributed by atoms with van der Waals surface area (Å²) in [5, 5.41) is 0. The minimum absolute atomic E-state index is 0.165. The molecule has 0 bridgehead atoms. The number of halogens is 1. The molecule has 1 atom stereocenters. The van der Waals surface area contributed by atoms with Gasteiger partial charge in [0.15, 0.2) is 4.67 Å². The number of rotatable bonds is 4. The SMILES string of the molecule is O=CC(Cc1ccc(Br)o1)C1CC1. The van der Waals surface area contributed by atoms with Crippen LogP contribution in [-0.4, -0.2) is 6.29 Å². The molecule has 1 saturated carbocycles. The first-order chi connectivity index (χ1) is 6.29. The number of aldehydes is 1. The lowest BCUT2D eigenvalue weighted by Crippen LogP contribution is -2.07. The predicted octanol–water partition coefficient (Wildman–Crippen LogP) is 2.81. The highest BCUT2D eigenvalue weighted by molar-refractivity contribution is 9.10. The molecule has 1 aromatic rings. The Hall–Kier alpha value is -0.570. The van der Waals surface area contributed by atoms with Gasteiger partial charge in [-0.15, -0.1) is 0 Å². The predicted molar refractivity (Wildman–Crippen MR) is 52.4 cm³/mol. The third-order valence-corrected chi connectivity index (χ3v) is 2.89. The minimum atomic E-state index is 0.165. The highest BCUT2D eigenvalue weighted by Gasteiger charge is 2.31. The fraction of sp³-hybridized carbons (Fsp3) is 0.500. The van der Waals surface area contributed by atoms with E-state index >= 15 is 0 Å². The van der Waals surface area contributed by atoms with Crippen LogP contribution in [0.4, 0.5) is 0 Å². The summed E-state index contributed by atoms with van der Waals surface area (Å²) in [6.45, 7) is 0. The van der Waals surface area contributed by atoms with Crippen LogP contribution in [0.15, 0.2) is 21.2 Å². The lowest BCUT2D eigenvalue weighted by atomic mass is 10.0. The topological polar surface area (TPSA) is 30.2 Å². The van der Waals surface area contributed by atoms with Gasteiger partial charge in [-0.05, 0) is 46.8 Å². The summed E-state index contributed by atoms with van der Waals surface area (Å²) in [5.41, 5.74) is 0. The van der Waals surface area contributed by atoms with E-state index in [0.717, 1.165) is 23.1 Å². The zero-order valence-electron chi connectivity index (χ0n) is 7.20. The molecule has 0 spiro atoms. The molecule has 70 valence electrons. The van der Waals surface area contributed by atoms with Crippen LogP contribution in [-0.2, 0) is 11.2 Å². The van der Waals surface area contributed by atoms with Gasteiger partial charge in [-0.1, -0.05) is 0 Å². The Morgan fingerprint density at radius 1 is 1.62 bits per heavy atom. The zero-order valence-corrected chi connectivity index (χ0v) is 8.79. The van der Waals surface area contributed by atoms with Gasteiger partial charge in [-0.3, -0.25) is 0 Å². The van der Waals surface area contributed by atoms with Crippen LogP contribution < -0.4 is 0 Å². The summed E-state index contributed by atoms with van der Waals surface area (Å²) in [7, 11) is 0. The Morgan fingerprint density at radius 3 is 2.85 bits per heavy atom. The second kappa shape index (κ2) is 3.66. The molecule has 1 fully saturated rings. The van der Waals surface area contributed by atoms with Gasteiger partial charge in [0.25, 0.3) is 0 Å². The average Bonchev–Trinajstić information content (AvgIpc) is 2.87. The van der Waals surface area contributed by atoms with E-state index in [4.69, 9.17) is 4.42 Å². The van der Waals surface area contributed by atoms with Crippen LogP contribution >= 0.6 is 15.9 Å². The summed E-state index contributed by atoms with van der Waals surface area (Å²) < 4.78 is 6.09. The Bertz CT molecular complexity index is 302. The van der Waals surface area contributed by atoms with E-state index in [0.29, 0.717) is 5.92 Å². The molecule has 1 heterocycles. The molecule has 13 heavy (non-hydrogen) atoms. The van der Waals surface area contributed by atoms with Crippen molar-refractivity contribution in [1.29, 1.82) is 0 Å². The van der Waals surface area contributed by atoms with Gasteiger partial charge in [0.2, 0.25) is 0 Å². The summed E-state index contributed by atoms with van der Waals surface area (Å²) in [4.78, 5) is 10.7. The number of carbonyl (C=O) groups is 1. The summed E-state index contributed by atoms with van der Waals surface area (Å²) in [5.74, 6) is 1.68. The molecule has 1 unspecified atom stereocenters. The number of furan rings is 1. The molecule has 0 radical (unpaired) electrons. The Kier molecular flexibility index (Phi) is 2.54. The van der Waals surface area contributed by atoms with Gasteiger partial charge in [0, 0.05) is 12.3 Å². The van der Waals surface area contributed by atoms with Crippen molar-refractivity contribution >= 4 is 22.2 Å². The van der Waals surface area contributed by atoms with Crippen molar-refractivity contribution < 1.29 is 9.21 Å². The smallest absolute Gasteiger partial charge is 0.169 e. The lowest BCUT2D eigenvalue weighted by molar-refractivity contribution is -0.111. The first-order valence-electron chi connectivity index (χ1n) is 4.49. The highest BCUT2D eigenvalue weighted by Crippen LogP contribution is 2.37. The van der Waals surface area contributed by atoms with Crippen molar-refractivity contribution in [3.8, 4) is 0 Å². The molecule has 0 aromatic carbocycles. The van der Waals surface area contributed by atoms with Crippen molar-refractivity contribution in [2.24, 2.45) is 11.8 Å². The van der Waals surface area contributed by atoms with Crippen LogP contribution in [0.1, 0.15) is 18.6 Å². The molecule has 0 aliphatic heterocycles. The molecule has 0 saturated heterocycles. The van der Waals surface area contributed by atoms with E-state index in [2.05, 4.69) is 15.9 Å². The fourth-order valence-electron chi connectivity index (χ4n) is 1.54. The van der Waals surface area contributed by atoms with Crippen molar-refractivity contribution in [2.45, 2.75) is 19.3 Å². The minimum Gasteiger partial charge on any atom is -0.454 e. The first-order valence-corrected chi connectivity index (χ1v) is 5.28. The quantitative estimate of drug-likeness (QED) is 0.761. The maximum Gasteiger partial charge on any atom is 0.169 e. The third kappa shape index (κ3) is 2.21. The molecule has 2 nitrogen and oxygen atoms in total. The zero-order chi connectivity index (χ0) is 9.26. The first kappa shape index (κ1) is 9.00. The molecular formula is C10H11BrO2. The Labute approximate surface area is 85.4 Å². The second-order valence-corrected chi connectivity index (χ2v) is 4.33. The van der Waals surface area contributed by atoms with Crippen molar-refractivity contribution in [2.75, 3.05) is 0 Å². The van der Waals surface area contributed by atoms with E-state index in [1.54, 1.807) is 0 Å². The maximum absolute atomic E-state index is 10.7. The monoisotopic (exact) mass is 242 g/mol. The van der Waals surface area contributed by atoms with Gasteiger partial charge in [0.05, 0.1) is 0 Å². The molecule has 1 aromatic heterocycles. The van der Waals surface area contributed by atoms with Gasteiger partial charge >= 0.3 is 0 Å². The lowest BCUT2D eigenvalue weighted by Gasteiger charge is -2.04. The Balaban J connectivity index is 1.98. The van der Waals surface area contributed by atoms with Crippen molar-refractivity contribution in [3.05, 3.63) is 22.6 Å². The van der Waals surface area contributed by atoms with Crippen molar-refractivity contribution in [1.82, 2.24) is 0 Å². The van der Waals surface area contributed by atoms with Gasteiger partial charge in [-0.2, -0.15) is 0 Å². The molecule has 1 aliphatic carbocycles. The van der Waals surface area contributed by atoms with E-state index in [1.165, 1.54) is 12.8 Å². The summed E-state index contributed by atoms with van der Waals surface area (Å²) in [6, 6.07) is 3.78. The van der Waals surface area contributed by atoms with Crippen LogP contribution in [0.25, 0.3) is 0 Å². The number of hydrogen-bond donors (Lipinski definition) is 0. The summed E-state index contributed by atoms with van der Waals surface area (Å²) >= 11 is 3.24. The molecule has 1 aliphatic rings. The van der Waals surface area contributed by atoms with Crippen LogP contribution in [0, 0.1) is 11.8 Å². The van der Waals surface area contributed by atoms with E-state index in [-0.39, 0.29) is 5.92 Å². The highest BCUT2D eigenvalue weighted by atomic mass is 79.9. The summed E-state index contributed by atoms with van der Waals surface area (Å²) in [6.07, 6.45) is 4.21. The third-order valence-electron chi connectivity index (χ3n) is 2.47. The second-order valence-electron chi connectivity index (χ2n) is 3.55. The van der Waals surface area contributed by atoms with Gasteiger partial charge in [0.1, 0.15) is 12.0 Å². The molecule has 0 amide bonds. The normalized spacial score (nSPS) is 18.5. The molecule has 2 rings (SSSR count). The fourth-order valence-corrected chi connectivity index (χ4v) is 1.88. The van der Waals surface area contributed by atoms with Gasteiger partial charge < -0.3 is 9.21 Å². The van der Waals surface area contributed by atoms with E-state index < -0.39 is 0 Å². The largest absolute Gasteiger partial charge is 0.454 e. The standard InChI is InChI=1S/C10H11BrO2/c11-10-4-3-9(13-10)5-8(6-12)7-1-2-7/h3-4,6-8H,1-2,5H2. The van der Waals surface area contributed by atoms with Gasteiger partial charge in [-0.25, -0.2) is 0 Å². The van der Waals surface area contributed by atoms with E-state index in [1.807, 2.05) is 12.1 Å². The number of carbonyl (C=O) groups excluding carboxylic acids is 1. The Morgan fingerprint density at radius 2 is 2.38 bits per heavy atom. The molecule has 0 N–H and O–H groups in total. The average molecular weight is 243 g/mol. The molecule has 3 heteroatoms. The molecular weight excluding hydrogens is 232 g/mol. The van der Waals surface area contributed by atoms with Crippen LogP contribution in [0.5, 0.6) is 0 Å². The van der Waals surface area contributed by atoms with Crippen molar-refractivity contribution in [3.63, 3.8) is 0 Å². The van der Waals surface area contributed by atoms with Crippen LogP contribution in [0.3, 0.4) is 0 Å². The number of hydrogen-bond acceptors (Lipinski definition) is 2. The van der Waals surface area contributed by atoms with E-state index in [9.17, 15) is 4.79 Å². The maximum atomic E-state index is 10.7. The van der Waals surface area contributed by atoms with Crippen LogP contribution in [0.2, 0.25) is 0 Å².